The smallest absolute Gasteiger partial charge is 0.0992 e. The molecule has 0 spiro atoms. The predicted molar refractivity (Wildman–Crippen MR) is 60.7 cm³/mol. The van der Waals surface area contributed by atoms with E-state index < -0.39 is 0 Å². The average molecular weight is 282 g/mol. The SMILES string of the molecule is N#Cc1ccc2c(CI)c[nH]c2c1. The summed E-state index contributed by atoms with van der Waals surface area (Å²) in [5.74, 6) is 0. The fourth-order valence-corrected chi connectivity index (χ4v) is 2.00. The Bertz CT molecular complexity index is 479. The van der Waals surface area contributed by atoms with Crippen LogP contribution < -0.4 is 0 Å². The van der Waals surface area contributed by atoms with Crippen LogP contribution >= 0.6 is 22.6 Å². The van der Waals surface area contributed by atoms with Crippen LogP contribution in [0.2, 0.25) is 0 Å². The molecule has 1 aromatic heterocycles. The molecular weight excluding hydrogens is 275 g/mol. The van der Waals surface area contributed by atoms with Crippen LogP contribution in [0, 0.1) is 11.3 Å². The van der Waals surface area contributed by atoms with Crippen molar-refractivity contribution < 1.29 is 0 Å². The molecule has 0 atom stereocenters. The van der Waals surface area contributed by atoms with Crippen LogP contribution in [-0.4, -0.2) is 4.98 Å². The maximum Gasteiger partial charge on any atom is 0.0992 e. The molecule has 0 amide bonds. The summed E-state index contributed by atoms with van der Waals surface area (Å²) in [6.07, 6.45) is 2.00. The topological polar surface area (TPSA) is 39.6 Å². The van der Waals surface area contributed by atoms with Gasteiger partial charge in [-0.05, 0) is 17.7 Å². The number of H-pyrrole nitrogens is 1. The molecule has 0 aliphatic heterocycles. The number of aromatic nitrogens is 1. The molecule has 0 bridgehead atoms. The van der Waals surface area contributed by atoms with Crippen LogP contribution in [0.15, 0.2) is 24.4 Å². The Labute approximate surface area is 89.7 Å². The van der Waals surface area contributed by atoms with Gasteiger partial charge >= 0.3 is 0 Å². The average Bonchev–Trinajstić information content (AvgIpc) is 2.59. The van der Waals surface area contributed by atoms with Gasteiger partial charge in [0.2, 0.25) is 0 Å². The van der Waals surface area contributed by atoms with Gasteiger partial charge < -0.3 is 4.98 Å². The van der Waals surface area contributed by atoms with Gasteiger partial charge in [-0.25, -0.2) is 0 Å². The highest BCUT2D eigenvalue weighted by Crippen LogP contribution is 2.21. The van der Waals surface area contributed by atoms with Gasteiger partial charge in [0, 0.05) is 21.5 Å². The molecule has 1 aromatic carbocycles. The molecule has 2 rings (SSSR count). The molecule has 0 aliphatic carbocycles. The van der Waals surface area contributed by atoms with E-state index in [1.165, 1.54) is 10.9 Å². The zero-order chi connectivity index (χ0) is 9.26. The van der Waals surface area contributed by atoms with E-state index in [1.54, 1.807) is 0 Å². The molecule has 1 N–H and O–H groups in total. The van der Waals surface area contributed by atoms with E-state index in [9.17, 15) is 0 Å². The second-order valence-corrected chi connectivity index (χ2v) is 3.58. The number of nitrogens with zero attached hydrogens (tertiary/aromatic N) is 1. The molecule has 13 heavy (non-hydrogen) atoms. The molecular formula is C10H7IN2. The number of alkyl halides is 1. The minimum absolute atomic E-state index is 0.703. The summed E-state index contributed by atoms with van der Waals surface area (Å²) < 4.78 is 0.990. The first-order valence-corrected chi connectivity index (χ1v) is 5.44. The Balaban J connectivity index is 2.70. The lowest BCUT2D eigenvalue weighted by Crippen LogP contribution is -1.75. The first-order valence-electron chi connectivity index (χ1n) is 3.91. The van der Waals surface area contributed by atoms with Crippen molar-refractivity contribution in [1.29, 1.82) is 5.26 Å². The Hall–Kier alpha value is -1.02. The summed E-state index contributed by atoms with van der Waals surface area (Å²) in [7, 11) is 0. The van der Waals surface area contributed by atoms with Gasteiger partial charge in [0.15, 0.2) is 0 Å². The molecule has 1 heterocycles. The quantitative estimate of drug-likeness (QED) is 0.634. The maximum absolute atomic E-state index is 8.70. The van der Waals surface area contributed by atoms with E-state index in [0.717, 1.165) is 9.94 Å². The molecule has 2 aromatic rings. The molecule has 0 radical (unpaired) electrons. The van der Waals surface area contributed by atoms with E-state index in [2.05, 4.69) is 33.6 Å². The predicted octanol–water partition coefficient (Wildman–Crippen LogP) is 2.97. The van der Waals surface area contributed by atoms with Crippen LogP contribution in [0.4, 0.5) is 0 Å². The summed E-state index contributed by atoms with van der Waals surface area (Å²) >= 11 is 2.33. The standard InChI is InChI=1S/C10H7IN2/c11-4-8-6-13-10-3-7(5-12)1-2-9(8)10/h1-3,6,13H,4H2. The monoisotopic (exact) mass is 282 g/mol. The first-order chi connectivity index (χ1) is 6.35. The third kappa shape index (κ3) is 1.42. The summed E-state index contributed by atoms with van der Waals surface area (Å²) in [4.78, 5) is 3.16. The van der Waals surface area contributed by atoms with Crippen LogP contribution in [0.1, 0.15) is 11.1 Å². The number of fused-ring (bicyclic) bond motifs is 1. The zero-order valence-corrected chi connectivity index (χ0v) is 9.00. The molecule has 0 saturated carbocycles. The van der Waals surface area contributed by atoms with E-state index in [-0.39, 0.29) is 0 Å². The number of aromatic amines is 1. The number of halogens is 1. The van der Waals surface area contributed by atoms with Crippen LogP contribution in [0.25, 0.3) is 10.9 Å². The van der Waals surface area contributed by atoms with Crippen molar-refractivity contribution in [3.8, 4) is 6.07 Å². The number of nitrogens with one attached hydrogen (secondary N) is 1. The van der Waals surface area contributed by atoms with E-state index in [1.807, 2.05) is 24.4 Å². The number of benzene rings is 1. The van der Waals surface area contributed by atoms with Crippen LogP contribution in [0.5, 0.6) is 0 Å². The number of hydrogen-bond donors (Lipinski definition) is 1. The molecule has 0 fully saturated rings. The third-order valence-electron chi connectivity index (χ3n) is 2.04. The van der Waals surface area contributed by atoms with Gasteiger partial charge in [-0.2, -0.15) is 5.26 Å². The highest BCUT2D eigenvalue weighted by molar-refractivity contribution is 14.1. The minimum Gasteiger partial charge on any atom is -0.361 e. The molecule has 0 unspecified atom stereocenters. The molecule has 64 valence electrons. The molecule has 0 aliphatic rings. The van der Waals surface area contributed by atoms with E-state index in [0.29, 0.717) is 5.56 Å². The van der Waals surface area contributed by atoms with E-state index in [4.69, 9.17) is 5.26 Å². The lowest BCUT2D eigenvalue weighted by atomic mass is 10.1. The first kappa shape index (κ1) is 8.57. The summed E-state index contributed by atoms with van der Waals surface area (Å²) in [5.41, 5.74) is 3.04. The third-order valence-corrected chi connectivity index (χ3v) is 2.86. The summed E-state index contributed by atoms with van der Waals surface area (Å²) in [6, 6.07) is 7.86. The van der Waals surface area contributed by atoms with Crippen molar-refractivity contribution in [2.45, 2.75) is 4.43 Å². The van der Waals surface area contributed by atoms with Gasteiger partial charge in [0.05, 0.1) is 11.6 Å². The van der Waals surface area contributed by atoms with Gasteiger partial charge in [-0.1, -0.05) is 28.7 Å². The lowest BCUT2D eigenvalue weighted by Gasteiger charge is -1.92. The van der Waals surface area contributed by atoms with E-state index >= 15 is 0 Å². The second-order valence-electron chi connectivity index (χ2n) is 2.82. The van der Waals surface area contributed by atoms with Crippen molar-refractivity contribution in [2.75, 3.05) is 0 Å². The maximum atomic E-state index is 8.70. The van der Waals surface area contributed by atoms with Crippen molar-refractivity contribution in [1.82, 2.24) is 4.98 Å². The van der Waals surface area contributed by atoms with Crippen molar-refractivity contribution in [3.63, 3.8) is 0 Å². The van der Waals surface area contributed by atoms with Crippen LogP contribution in [-0.2, 0) is 4.43 Å². The van der Waals surface area contributed by atoms with Gasteiger partial charge in [-0.15, -0.1) is 0 Å². The lowest BCUT2D eigenvalue weighted by molar-refractivity contribution is 1.42. The Morgan fingerprint density at radius 3 is 3.00 bits per heavy atom. The van der Waals surface area contributed by atoms with Crippen molar-refractivity contribution in [3.05, 3.63) is 35.5 Å². The largest absolute Gasteiger partial charge is 0.361 e. The Morgan fingerprint density at radius 2 is 2.31 bits per heavy atom. The van der Waals surface area contributed by atoms with Gasteiger partial charge in [0.25, 0.3) is 0 Å². The van der Waals surface area contributed by atoms with Gasteiger partial charge in [-0.3, -0.25) is 0 Å². The Kier molecular flexibility index (Phi) is 2.23. The second kappa shape index (κ2) is 3.38. The fourth-order valence-electron chi connectivity index (χ4n) is 1.37. The minimum atomic E-state index is 0.703. The highest BCUT2D eigenvalue weighted by atomic mass is 127. The normalized spacial score (nSPS) is 10.2. The number of nitriles is 1. The highest BCUT2D eigenvalue weighted by Gasteiger charge is 2.02. The fraction of sp³-hybridized carbons (Fsp3) is 0.100. The van der Waals surface area contributed by atoms with Crippen molar-refractivity contribution >= 4 is 33.5 Å². The zero-order valence-electron chi connectivity index (χ0n) is 6.84. The number of hydrogen-bond acceptors (Lipinski definition) is 1. The Morgan fingerprint density at radius 1 is 1.46 bits per heavy atom. The molecule has 3 heteroatoms. The number of rotatable bonds is 1. The van der Waals surface area contributed by atoms with Crippen LogP contribution in [0.3, 0.4) is 0 Å². The summed E-state index contributed by atoms with van der Waals surface area (Å²) in [5, 5.41) is 9.91. The summed E-state index contributed by atoms with van der Waals surface area (Å²) in [6.45, 7) is 0. The molecule has 0 saturated heterocycles. The molecule has 2 nitrogen and oxygen atoms in total. The van der Waals surface area contributed by atoms with Crippen molar-refractivity contribution in [2.24, 2.45) is 0 Å². The van der Waals surface area contributed by atoms with Gasteiger partial charge in [0.1, 0.15) is 0 Å².